The van der Waals surface area contributed by atoms with Crippen LogP contribution in [-0.4, -0.2) is 23.3 Å². The summed E-state index contributed by atoms with van der Waals surface area (Å²) >= 11 is 0. The first-order chi connectivity index (χ1) is 6.13. The van der Waals surface area contributed by atoms with Gasteiger partial charge in [0.15, 0.2) is 0 Å². The Bertz CT molecular complexity index is 260. The Labute approximate surface area is 77.5 Å². The average Bonchev–Trinajstić information content (AvgIpc) is 2.50. The molecule has 1 heterocycles. The zero-order valence-electron chi connectivity index (χ0n) is 8.37. The van der Waals surface area contributed by atoms with Crippen LogP contribution in [0.5, 0.6) is 0 Å². The highest BCUT2D eigenvalue weighted by atomic mass is 16.5. The van der Waals surface area contributed by atoms with Crippen LogP contribution < -0.4 is 5.32 Å². The fourth-order valence-corrected chi connectivity index (χ4v) is 0.811. The highest BCUT2D eigenvalue weighted by Crippen LogP contribution is 2.14. The van der Waals surface area contributed by atoms with E-state index in [2.05, 4.69) is 15.5 Å². The molecule has 0 radical (unpaired) electrons. The van der Waals surface area contributed by atoms with Gasteiger partial charge in [-0.3, -0.25) is 0 Å². The molecule has 1 unspecified atom stereocenters. The van der Waals surface area contributed by atoms with Gasteiger partial charge in [-0.05, 0) is 20.8 Å². The first-order valence-electron chi connectivity index (χ1n) is 4.26. The minimum atomic E-state index is -0.133. The molecule has 0 aliphatic rings. The van der Waals surface area contributed by atoms with Crippen molar-refractivity contribution < 1.29 is 9.26 Å². The summed E-state index contributed by atoms with van der Waals surface area (Å²) in [5, 5.41) is 6.77. The number of rotatable bonds is 4. The molecule has 0 saturated carbocycles. The lowest BCUT2D eigenvalue weighted by Gasteiger charge is -2.03. The highest BCUT2D eigenvalue weighted by Gasteiger charge is 2.12. The quantitative estimate of drug-likeness (QED) is 0.772. The lowest BCUT2D eigenvalue weighted by Crippen LogP contribution is -2.10. The van der Waals surface area contributed by atoms with Crippen molar-refractivity contribution in [1.82, 2.24) is 10.1 Å². The van der Waals surface area contributed by atoms with Gasteiger partial charge in [0.1, 0.15) is 6.10 Å². The summed E-state index contributed by atoms with van der Waals surface area (Å²) in [5.41, 5.74) is 0. The lowest BCUT2D eigenvalue weighted by atomic mass is 10.4. The molecule has 13 heavy (non-hydrogen) atoms. The minimum absolute atomic E-state index is 0.133. The maximum absolute atomic E-state index is 5.04. The molecule has 1 N–H and O–H groups in total. The molecule has 0 bridgehead atoms. The van der Waals surface area contributed by atoms with Gasteiger partial charge in [0, 0.05) is 13.2 Å². The third kappa shape index (κ3) is 2.69. The van der Waals surface area contributed by atoms with Crippen LogP contribution in [0.3, 0.4) is 0 Å². The molecule has 1 rings (SSSR count). The maximum atomic E-state index is 5.04. The molecule has 0 amide bonds. The molecule has 0 aliphatic heterocycles. The van der Waals surface area contributed by atoms with Crippen LogP contribution in [0.2, 0.25) is 0 Å². The van der Waals surface area contributed by atoms with E-state index >= 15 is 0 Å². The molecule has 1 aromatic heterocycles. The normalized spacial score (nSPS) is 13.3. The number of ether oxygens (including phenoxy) is 1. The van der Waals surface area contributed by atoms with Gasteiger partial charge in [0.25, 0.3) is 0 Å². The van der Waals surface area contributed by atoms with E-state index in [0.717, 1.165) is 0 Å². The second kappa shape index (κ2) is 4.23. The van der Waals surface area contributed by atoms with E-state index < -0.39 is 0 Å². The van der Waals surface area contributed by atoms with Crippen molar-refractivity contribution >= 4 is 6.01 Å². The molecular weight excluding hydrogens is 170 g/mol. The van der Waals surface area contributed by atoms with E-state index in [-0.39, 0.29) is 12.1 Å². The van der Waals surface area contributed by atoms with Crippen molar-refractivity contribution in [3.63, 3.8) is 0 Å². The molecule has 5 nitrogen and oxygen atoms in total. The Morgan fingerprint density at radius 1 is 1.38 bits per heavy atom. The van der Waals surface area contributed by atoms with Gasteiger partial charge in [-0.1, -0.05) is 5.16 Å². The van der Waals surface area contributed by atoms with Crippen LogP contribution in [0.15, 0.2) is 4.52 Å². The second-order valence-electron chi connectivity index (χ2n) is 3.13. The van der Waals surface area contributed by atoms with Crippen LogP contribution in [0, 0.1) is 0 Å². The highest BCUT2D eigenvalue weighted by molar-refractivity contribution is 5.19. The van der Waals surface area contributed by atoms with E-state index in [9.17, 15) is 0 Å². The van der Waals surface area contributed by atoms with Gasteiger partial charge in [0.05, 0.1) is 0 Å². The molecule has 0 saturated heterocycles. The predicted molar refractivity (Wildman–Crippen MR) is 48.5 cm³/mol. The number of hydrogen-bond acceptors (Lipinski definition) is 5. The monoisotopic (exact) mass is 185 g/mol. The second-order valence-corrected chi connectivity index (χ2v) is 3.13. The number of nitrogens with one attached hydrogen (secondary N) is 1. The number of anilines is 1. The Balaban J connectivity index is 2.63. The Morgan fingerprint density at radius 2 is 2.08 bits per heavy atom. The van der Waals surface area contributed by atoms with Crippen molar-refractivity contribution in [3.8, 4) is 0 Å². The van der Waals surface area contributed by atoms with Gasteiger partial charge in [-0.2, -0.15) is 4.98 Å². The fraction of sp³-hybridized carbons (Fsp3) is 0.750. The summed E-state index contributed by atoms with van der Waals surface area (Å²) in [5.74, 6) is 0.561. The first-order valence-corrected chi connectivity index (χ1v) is 4.26. The van der Waals surface area contributed by atoms with Crippen LogP contribution in [0.4, 0.5) is 6.01 Å². The van der Waals surface area contributed by atoms with E-state index in [1.807, 2.05) is 20.8 Å². The summed E-state index contributed by atoms with van der Waals surface area (Å²) < 4.78 is 9.99. The zero-order chi connectivity index (χ0) is 9.84. The molecule has 5 heteroatoms. The summed E-state index contributed by atoms with van der Waals surface area (Å²) in [6.07, 6.45) is -0.133. The van der Waals surface area contributed by atoms with Crippen LogP contribution in [-0.2, 0) is 4.74 Å². The number of nitrogens with zero attached hydrogens (tertiary/aromatic N) is 2. The standard InChI is InChI=1S/C8H15N3O2/c1-5(2)9-8-10-7(11-13-8)6(3)12-4/h5-6H,1-4H3,(H,9,10,11). The maximum Gasteiger partial charge on any atom is 0.321 e. The SMILES string of the molecule is COC(C)c1noc(NC(C)C)n1. The first kappa shape index (κ1) is 9.98. The molecule has 1 aromatic rings. The average molecular weight is 185 g/mol. The van der Waals surface area contributed by atoms with E-state index in [4.69, 9.17) is 9.26 Å². The minimum Gasteiger partial charge on any atom is -0.374 e. The van der Waals surface area contributed by atoms with E-state index in [1.165, 1.54) is 0 Å². The molecule has 0 aliphatic carbocycles. The number of aromatic nitrogens is 2. The number of hydrogen-bond donors (Lipinski definition) is 1. The summed E-state index contributed by atoms with van der Waals surface area (Å²) in [7, 11) is 1.61. The van der Waals surface area contributed by atoms with Crippen LogP contribution in [0.1, 0.15) is 32.7 Å². The molecular formula is C8H15N3O2. The van der Waals surface area contributed by atoms with Gasteiger partial charge < -0.3 is 14.6 Å². The lowest BCUT2D eigenvalue weighted by molar-refractivity contribution is 0.109. The molecule has 0 fully saturated rings. The van der Waals surface area contributed by atoms with Crippen molar-refractivity contribution in [3.05, 3.63) is 5.82 Å². The molecule has 1 atom stereocenters. The third-order valence-electron chi connectivity index (χ3n) is 1.57. The topological polar surface area (TPSA) is 60.2 Å². The van der Waals surface area contributed by atoms with Gasteiger partial charge in [-0.25, -0.2) is 0 Å². The van der Waals surface area contributed by atoms with Crippen LogP contribution >= 0.6 is 0 Å². The fourth-order valence-electron chi connectivity index (χ4n) is 0.811. The largest absolute Gasteiger partial charge is 0.374 e. The smallest absolute Gasteiger partial charge is 0.321 e. The summed E-state index contributed by atoms with van der Waals surface area (Å²) in [6, 6.07) is 0.722. The molecule has 0 aromatic carbocycles. The Hall–Kier alpha value is -1.10. The zero-order valence-corrected chi connectivity index (χ0v) is 8.37. The summed E-state index contributed by atoms with van der Waals surface area (Å²) in [6.45, 7) is 5.87. The van der Waals surface area contributed by atoms with Gasteiger partial charge >= 0.3 is 6.01 Å². The van der Waals surface area contributed by atoms with Crippen LogP contribution in [0.25, 0.3) is 0 Å². The molecule has 0 spiro atoms. The van der Waals surface area contributed by atoms with E-state index in [0.29, 0.717) is 11.8 Å². The van der Waals surface area contributed by atoms with Gasteiger partial charge in [-0.15, -0.1) is 0 Å². The summed E-state index contributed by atoms with van der Waals surface area (Å²) in [4.78, 5) is 4.11. The number of methoxy groups -OCH3 is 1. The van der Waals surface area contributed by atoms with E-state index in [1.54, 1.807) is 7.11 Å². The third-order valence-corrected chi connectivity index (χ3v) is 1.57. The predicted octanol–water partition coefficient (Wildman–Crippen LogP) is 1.60. The van der Waals surface area contributed by atoms with Crippen molar-refractivity contribution in [2.75, 3.05) is 12.4 Å². The van der Waals surface area contributed by atoms with Crippen molar-refractivity contribution in [1.29, 1.82) is 0 Å². The van der Waals surface area contributed by atoms with Crippen molar-refractivity contribution in [2.45, 2.75) is 32.9 Å². The Morgan fingerprint density at radius 3 is 2.62 bits per heavy atom. The van der Waals surface area contributed by atoms with Crippen molar-refractivity contribution in [2.24, 2.45) is 0 Å². The molecule has 74 valence electrons. The Kier molecular flexibility index (Phi) is 3.25. The van der Waals surface area contributed by atoms with Gasteiger partial charge in [0.2, 0.25) is 5.82 Å².